The van der Waals surface area contributed by atoms with Crippen molar-refractivity contribution >= 4 is 10.9 Å². The maximum absolute atomic E-state index is 6.23. The van der Waals surface area contributed by atoms with Crippen LogP contribution in [0, 0.1) is 5.41 Å². The summed E-state index contributed by atoms with van der Waals surface area (Å²) < 4.78 is 2.09. The summed E-state index contributed by atoms with van der Waals surface area (Å²) in [7, 11) is 0. The van der Waals surface area contributed by atoms with Crippen molar-refractivity contribution < 1.29 is 0 Å². The highest BCUT2D eigenvalue weighted by Crippen LogP contribution is 2.23. The van der Waals surface area contributed by atoms with Gasteiger partial charge in [-0.1, -0.05) is 39.0 Å². The van der Waals surface area contributed by atoms with Crippen LogP contribution in [0.5, 0.6) is 0 Å². The van der Waals surface area contributed by atoms with E-state index in [0.717, 1.165) is 25.8 Å². The van der Waals surface area contributed by atoms with E-state index in [1.54, 1.807) is 0 Å². The van der Waals surface area contributed by atoms with Gasteiger partial charge in [0.25, 0.3) is 0 Å². The summed E-state index contributed by atoms with van der Waals surface area (Å²) in [5.41, 5.74) is 8.87. The van der Waals surface area contributed by atoms with Gasteiger partial charge in [-0.2, -0.15) is 5.10 Å². The molecule has 1 atom stereocenters. The monoisotopic (exact) mass is 273 g/mol. The van der Waals surface area contributed by atoms with E-state index in [-0.39, 0.29) is 11.5 Å². The summed E-state index contributed by atoms with van der Waals surface area (Å²) in [6.07, 6.45) is 3.16. The number of nitrogens with two attached hydrogens (primary N) is 1. The Morgan fingerprint density at radius 1 is 1.25 bits per heavy atom. The highest BCUT2D eigenvalue weighted by Gasteiger charge is 2.20. The lowest BCUT2D eigenvalue weighted by Gasteiger charge is -2.26. The maximum Gasteiger partial charge on any atom is 0.0703 e. The van der Waals surface area contributed by atoms with E-state index in [9.17, 15) is 0 Å². The number of fused-ring (bicyclic) bond motifs is 1. The molecule has 2 aromatic rings. The normalized spacial score (nSPS) is 13.8. The molecule has 0 spiro atoms. The third-order valence-electron chi connectivity index (χ3n) is 4.08. The van der Waals surface area contributed by atoms with Crippen molar-refractivity contribution in [2.75, 3.05) is 0 Å². The van der Waals surface area contributed by atoms with E-state index in [1.807, 2.05) is 0 Å². The molecular weight excluding hydrogens is 246 g/mol. The van der Waals surface area contributed by atoms with Gasteiger partial charge in [0.15, 0.2) is 0 Å². The van der Waals surface area contributed by atoms with E-state index in [1.165, 1.54) is 16.6 Å². The lowest BCUT2D eigenvalue weighted by molar-refractivity contribution is 0.301. The molecule has 0 aliphatic carbocycles. The van der Waals surface area contributed by atoms with Gasteiger partial charge in [-0.15, -0.1) is 0 Å². The first-order valence-electron chi connectivity index (χ1n) is 7.63. The van der Waals surface area contributed by atoms with Crippen LogP contribution in [-0.4, -0.2) is 15.8 Å². The minimum Gasteiger partial charge on any atom is -0.327 e. The number of hydrogen-bond acceptors (Lipinski definition) is 2. The molecule has 2 rings (SSSR count). The highest BCUT2D eigenvalue weighted by molar-refractivity contribution is 5.81. The Labute approximate surface area is 122 Å². The Hall–Kier alpha value is -1.35. The number of aryl methyl sites for hydroxylation is 2. The summed E-state index contributed by atoms with van der Waals surface area (Å²) in [6.45, 7) is 9.68. The Bertz CT molecular complexity index is 563. The minimum absolute atomic E-state index is 0.185. The molecular formula is C17H27N3. The van der Waals surface area contributed by atoms with Crippen molar-refractivity contribution in [3.8, 4) is 0 Å². The predicted molar refractivity (Wildman–Crippen MR) is 85.8 cm³/mol. The molecule has 0 saturated carbocycles. The molecule has 0 saturated heterocycles. The molecule has 20 heavy (non-hydrogen) atoms. The molecule has 1 aromatic carbocycles. The van der Waals surface area contributed by atoms with Crippen LogP contribution in [0.15, 0.2) is 24.3 Å². The van der Waals surface area contributed by atoms with Crippen molar-refractivity contribution in [2.45, 2.75) is 59.5 Å². The van der Waals surface area contributed by atoms with Gasteiger partial charge in [0, 0.05) is 18.0 Å². The fourth-order valence-electron chi connectivity index (χ4n) is 2.54. The van der Waals surface area contributed by atoms with Gasteiger partial charge < -0.3 is 5.73 Å². The Morgan fingerprint density at radius 2 is 1.95 bits per heavy atom. The number of hydrogen-bond donors (Lipinski definition) is 1. The predicted octanol–water partition coefficient (Wildman–Crippen LogP) is 3.75. The van der Waals surface area contributed by atoms with Crippen molar-refractivity contribution in [2.24, 2.45) is 11.1 Å². The fourth-order valence-corrected chi connectivity index (χ4v) is 2.54. The minimum atomic E-state index is 0.185. The average Bonchev–Trinajstić information content (AvgIpc) is 2.76. The summed E-state index contributed by atoms with van der Waals surface area (Å²) in [5.74, 6) is 0. The van der Waals surface area contributed by atoms with Crippen molar-refractivity contribution in [3.05, 3.63) is 30.0 Å². The molecule has 1 heterocycles. The smallest absolute Gasteiger partial charge is 0.0703 e. The third kappa shape index (κ3) is 3.21. The maximum atomic E-state index is 6.23. The van der Waals surface area contributed by atoms with Crippen LogP contribution in [0.4, 0.5) is 0 Å². The molecule has 2 N–H and O–H groups in total. The van der Waals surface area contributed by atoms with Crippen LogP contribution in [-0.2, 0) is 13.0 Å². The number of para-hydroxylation sites is 1. The van der Waals surface area contributed by atoms with Gasteiger partial charge in [0.1, 0.15) is 0 Å². The van der Waals surface area contributed by atoms with Crippen molar-refractivity contribution in [3.63, 3.8) is 0 Å². The Morgan fingerprint density at radius 3 is 2.60 bits per heavy atom. The molecule has 1 aromatic heterocycles. The highest BCUT2D eigenvalue weighted by atomic mass is 15.3. The Kier molecular flexibility index (Phi) is 4.48. The molecule has 0 radical (unpaired) electrons. The van der Waals surface area contributed by atoms with Gasteiger partial charge in [0.05, 0.1) is 11.2 Å². The molecule has 3 nitrogen and oxygen atoms in total. The average molecular weight is 273 g/mol. The molecule has 0 fully saturated rings. The number of nitrogens with zero attached hydrogens (tertiary/aromatic N) is 2. The SMILES string of the molecule is CCn1nc(CCCC(N)C(C)(C)C)c2ccccc21. The van der Waals surface area contributed by atoms with E-state index >= 15 is 0 Å². The zero-order valence-corrected chi connectivity index (χ0v) is 13.2. The van der Waals surface area contributed by atoms with E-state index in [4.69, 9.17) is 10.8 Å². The lowest BCUT2D eigenvalue weighted by atomic mass is 9.84. The zero-order valence-electron chi connectivity index (χ0n) is 13.2. The summed E-state index contributed by atoms with van der Waals surface area (Å²) in [5, 5.41) is 6.03. The van der Waals surface area contributed by atoms with Crippen LogP contribution in [0.25, 0.3) is 10.9 Å². The molecule has 3 heteroatoms. The molecule has 110 valence electrons. The first kappa shape index (κ1) is 15.0. The van der Waals surface area contributed by atoms with Crippen molar-refractivity contribution in [1.29, 1.82) is 0 Å². The van der Waals surface area contributed by atoms with Gasteiger partial charge >= 0.3 is 0 Å². The summed E-state index contributed by atoms with van der Waals surface area (Å²) >= 11 is 0. The lowest BCUT2D eigenvalue weighted by Crippen LogP contribution is -2.34. The van der Waals surface area contributed by atoms with Gasteiger partial charge in [-0.25, -0.2) is 0 Å². The topological polar surface area (TPSA) is 43.8 Å². The van der Waals surface area contributed by atoms with Crippen LogP contribution in [0.3, 0.4) is 0 Å². The standard InChI is InChI=1S/C17H27N3/c1-5-20-15-11-7-6-9-13(15)14(19-20)10-8-12-16(18)17(2,3)4/h6-7,9,11,16H,5,8,10,12,18H2,1-4H3. The quantitative estimate of drug-likeness (QED) is 0.901. The molecule has 1 unspecified atom stereocenters. The van der Waals surface area contributed by atoms with Crippen LogP contribution >= 0.6 is 0 Å². The fraction of sp³-hybridized carbons (Fsp3) is 0.588. The van der Waals surface area contributed by atoms with E-state index < -0.39 is 0 Å². The van der Waals surface area contributed by atoms with Gasteiger partial charge in [-0.3, -0.25) is 4.68 Å². The Balaban J connectivity index is 2.07. The second-order valence-corrected chi connectivity index (χ2v) is 6.64. The molecule has 0 bridgehead atoms. The number of rotatable bonds is 5. The largest absolute Gasteiger partial charge is 0.327 e. The van der Waals surface area contributed by atoms with Crippen LogP contribution in [0.1, 0.15) is 46.2 Å². The van der Waals surface area contributed by atoms with Crippen LogP contribution < -0.4 is 5.73 Å². The third-order valence-corrected chi connectivity index (χ3v) is 4.08. The number of benzene rings is 1. The second-order valence-electron chi connectivity index (χ2n) is 6.64. The van der Waals surface area contributed by atoms with Gasteiger partial charge in [-0.05, 0) is 37.7 Å². The second kappa shape index (κ2) is 5.96. The molecule has 0 aliphatic heterocycles. The van der Waals surface area contributed by atoms with E-state index in [2.05, 4.69) is 56.6 Å². The van der Waals surface area contributed by atoms with Crippen LogP contribution in [0.2, 0.25) is 0 Å². The number of aromatic nitrogens is 2. The van der Waals surface area contributed by atoms with Crippen molar-refractivity contribution in [1.82, 2.24) is 9.78 Å². The molecule has 0 amide bonds. The summed E-state index contributed by atoms with van der Waals surface area (Å²) in [6, 6.07) is 8.75. The first-order valence-corrected chi connectivity index (χ1v) is 7.63. The molecule has 0 aliphatic rings. The summed E-state index contributed by atoms with van der Waals surface area (Å²) in [4.78, 5) is 0. The first-order chi connectivity index (χ1) is 9.43. The van der Waals surface area contributed by atoms with Gasteiger partial charge in [0.2, 0.25) is 0 Å². The zero-order chi connectivity index (χ0) is 14.8. The van der Waals surface area contributed by atoms with E-state index in [0.29, 0.717) is 0 Å².